The van der Waals surface area contributed by atoms with Crippen molar-refractivity contribution < 1.29 is 17.6 Å². The zero-order chi connectivity index (χ0) is 20.3. The summed E-state index contributed by atoms with van der Waals surface area (Å²) in [7, 11) is -0.823. The second-order valence-electron chi connectivity index (χ2n) is 7.82. The van der Waals surface area contributed by atoms with Gasteiger partial charge in [-0.2, -0.15) is 0 Å². The minimum Gasteiger partial charge on any atom is -0.341 e. The Bertz CT molecular complexity index is 809. The van der Waals surface area contributed by atoms with Gasteiger partial charge in [0.2, 0.25) is 15.9 Å². The zero-order valence-corrected chi connectivity index (χ0v) is 17.5. The lowest BCUT2D eigenvalue weighted by Gasteiger charge is -2.42. The lowest BCUT2D eigenvalue weighted by molar-refractivity contribution is -0.133. The van der Waals surface area contributed by atoms with Crippen molar-refractivity contribution in [1.82, 2.24) is 14.5 Å². The highest BCUT2D eigenvalue weighted by Gasteiger charge is 2.35. The molecule has 2 aliphatic rings. The molecular weight excluding hydrogens is 381 g/mol. The lowest BCUT2D eigenvalue weighted by Crippen LogP contribution is -2.53. The SMILES string of the molecule is CNS(=O)(=O)c1cc(CC(=O)N(C)[C@@H]2CCCC[C@H]2N2CCCC2)ccc1F. The van der Waals surface area contributed by atoms with Crippen LogP contribution in [0, 0.1) is 5.82 Å². The Morgan fingerprint density at radius 3 is 2.57 bits per heavy atom. The van der Waals surface area contributed by atoms with Crippen molar-refractivity contribution >= 4 is 15.9 Å². The predicted octanol–water partition coefficient (Wildman–Crippen LogP) is 2.14. The van der Waals surface area contributed by atoms with Gasteiger partial charge in [0.1, 0.15) is 10.7 Å². The molecule has 0 spiro atoms. The summed E-state index contributed by atoms with van der Waals surface area (Å²) in [5.41, 5.74) is 0.501. The maximum absolute atomic E-state index is 13.9. The molecule has 1 saturated carbocycles. The van der Waals surface area contributed by atoms with Crippen LogP contribution in [0.15, 0.2) is 23.1 Å². The number of likely N-dealkylation sites (N-methyl/N-ethyl adjacent to an activating group) is 1. The first kappa shape index (κ1) is 21.2. The second kappa shape index (κ2) is 8.88. The van der Waals surface area contributed by atoms with Crippen LogP contribution >= 0.6 is 0 Å². The maximum atomic E-state index is 13.9. The number of hydrogen-bond donors (Lipinski definition) is 1. The molecular formula is C20H30FN3O3S. The Hall–Kier alpha value is -1.51. The molecule has 1 saturated heterocycles. The van der Waals surface area contributed by atoms with E-state index < -0.39 is 20.7 Å². The van der Waals surface area contributed by atoms with E-state index in [1.165, 1.54) is 38.4 Å². The van der Waals surface area contributed by atoms with Crippen LogP contribution in [-0.4, -0.2) is 63.4 Å². The van der Waals surface area contributed by atoms with Gasteiger partial charge in [-0.3, -0.25) is 9.69 Å². The Morgan fingerprint density at radius 2 is 1.89 bits per heavy atom. The van der Waals surface area contributed by atoms with Gasteiger partial charge in [0, 0.05) is 19.1 Å². The Labute approximate surface area is 167 Å². The average Bonchev–Trinajstić information content (AvgIpc) is 3.23. The van der Waals surface area contributed by atoms with Gasteiger partial charge in [0.15, 0.2) is 0 Å². The normalized spacial score (nSPS) is 23.7. The third-order valence-electron chi connectivity index (χ3n) is 6.10. The molecule has 8 heteroatoms. The van der Waals surface area contributed by atoms with Crippen molar-refractivity contribution in [2.24, 2.45) is 0 Å². The van der Waals surface area contributed by atoms with Crippen LogP contribution in [0.1, 0.15) is 44.1 Å². The first-order valence-electron chi connectivity index (χ1n) is 10.0. The number of halogens is 1. The van der Waals surface area contributed by atoms with E-state index >= 15 is 0 Å². The average molecular weight is 412 g/mol. The van der Waals surface area contributed by atoms with E-state index in [2.05, 4.69) is 9.62 Å². The van der Waals surface area contributed by atoms with Crippen molar-refractivity contribution in [3.05, 3.63) is 29.6 Å². The van der Waals surface area contributed by atoms with Gasteiger partial charge in [-0.1, -0.05) is 18.9 Å². The maximum Gasteiger partial charge on any atom is 0.243 e. The van der Waals surface area contributed by atoms with Crippen molar-refractivity contribution in [2.75, 3.05) is 27.2 Å². The highest BCUT2D eigenvalue weighted by Crippen LogP contribution is 2.29. The third kappa shape index (κ3) is 4.55. The first-order valence-corrected chi connectivity index (χ1v) is 11.5. The Balaban J connectivity index is 1.74. The molecule has 1 aromatic carbocycles. The smallest absolute Gasteiger partial charge is 0.243 e. The summed E-state index contributed by atoms with van der Waals surface area (Å²) in [4.78, 5) is 16.9. The lowest BCUT2D eigenvalue weighted by atomic mass is 9.88. The highest BCUT2D eigenvalue weighted by atomic mass is 32.2. The number of nitrogens with zero attached hydrogens (tertiary/aromatic N) is 2. The van der Waals surface area contributed by atoms with E-state index in [0.717, 1.165) is 38.4 Å². The van der Waals surface area contributed by atoms with Gasteiger partial charge in [-0.05, 0) is 63.5 Å². The molecule has 1 N–H and O–H groups in total. The molecule has 1 amide bonds. The van der Waals surface area contributed by atoms with Crippen LogP contribution in [0.25, 0.3) is 0 Å². The summed E-state index contributed by atoms with van der Waals surface area (Å²) >= 11 is 0. The molecule has 1 aliphatic carbocycles. The number of carbonyl (C=O) groups is 1. The summed E-state index contributed by atoms with van der Waals surface area (Å²) in [5, 5.41) is 0. The minimum absolute atomic E-state index is 0.0597. The molecule has 0 radical (unpaired) electrons. The molecule has 2 atom stereocenters. The van der Waals surface area contributed by atoms with Gasteiger partial charge in [-0.25, -0.2) is 17.5 Å². The van der Waals surface area contributed by atoms with Crippen molar-refractivity contribution in [3.8, 4) is 0 Å². The molecule has 0 bridgehead atoms. The minimum atomic E-state index is -3.90. The molecule has 3 rings (SSSR count). The molecule has 1 aromatic rings. The topological polar surface area (TPSA) is 69.7 Å². The summed E-state index contributed by atoms with van der Waals surface area (Å²) in [6.45, 7) is 2.21. The fourth-order valence-electron chi connectivity index (χ4n) is 4.50. The molecule has 6 nitrogen and oxygen atoms in total. The van der Waals surface area contributed by atoms with Gasteiger partial charge in [0.25, 0.3) is 0 Å². The predicted molar refractivity (Wildman–Crippen MR) is 106 cm³/mol. The zero-order valence-electron chi connectivity index (χ0n) is 16.7. The van der Waals surface area contributed by atoms with Crippen LogP contribution in [0.3, 0.4) is 0 Å². The van der Waals surface area contributed by atoms with E-state index in [1.807, 2.05) is 11.9 Å². The molecule has 156 valence electrons. The van der Waals surface area contributed by atoms with Crippen molar-refractivity contribution in [3.63, 3.8) is 0 Å². The molecule has 1 heterocycles. The first-order chi connectivity index (χ1) is 13.3. The Kier molecular flexibility index (Phi) is 6.73. The van der Waals surface area contributed by atoms with E-state index in [-0.39, 0.29) is 18.4 Å². The molecule has 1 aliphatic heterocycles. The number of hydrogen-bond acceptors (Lipinski definition) is 4. The second-order valence-corrected chi connectivity index (χ2v) is 9.67. The molecule has 28 heavy (non-hydrogen) atoms. The fraction of sp³-hybridized carbons (Fsp3) is 0.650. The van der Waals surface area contributed by atoms with Crippen LogP contribution < -0.4 is 4.72 Å². The largest absolute Gasteiger partial charge is 0.341 e. The number of amides is 1. The third-order valence-corrected chi connectivity index (χ3v) is 7.53. The van der Waals surface area contributed by atoms with E-state index in [1.54, 1.807) is 0 Å². The number of nitrogens with one attached hydrogen (secondary N) is 1. The van der Waals surface area contributed by atoms with Gasteiger partial charge in [-0.15, -0.1) is 0 Å². The van der Waals surface area contributed by atoms with Crippen LogP contribution in [0.4, 0.5) is 4.39 Å². The number of sulfonamides is 1. The van der Waals surface area contributed by atoms with Crippen molar-refractivity contribution in [2.45, 2.75) is 61.9 Å². The summed E-state index contributed by atoms with van der Waals surface area (Å²) in [6, 6.07) is 4.43. The number of rotatable bonds is 6. The fourth-order valence-corrected chi connectivity index (χ4v) is 5.35. The standard InChI is InChI=1S/C20H30FN3O3S/c1-22-28(26,27)19-13-15(9-10-16(19)21)14-20(25)23(2)17-7-3-4-8-18(17)24-11-5-6-12-24/h9-10,13,17-18,22H,3-8,11-12,14H2,1-2H3/t17-,18-/m1/s1. The van der Waals surface area contributed by atoms with Crippen LogP contribution in [-0.2, 0) is 21.2 Å². The quantitative estimate of drug-likeness (QED) is 0.779. The van der Waals surface area contributed by atoms with E-state index in [4.69, 9.17) is 0 Å². The van der Waals surface area contributed by atoms with Gasteiger partial charge < -0.3 is 4.90 Å². The van der Waals surface area contributed by atoms with E-state index in [0.29, 0.717) is 11.6 Å². The van der Waals surface area contributed by atoms with Crippen LogP contribution in [0.5, 0.6) is 0 Å². The summed E-state index contributed by atoms with van der Waals surface area (Å²) in [5.74, 6) is -0.879. The summed E-state index contributed by atoms with van der Waals surface area (Å²) in [6.07, 6.45) is 6.93. The van der Waals surface area contributed by atoms with E-state index in [9.17, 15) is 17.6 Å². The van der Waals surface area contributed by atoms with Gasteiger partial charge >= 0.3 is 0 Å². The molecule has 2 fully saturated rings. The van der Waals surface area contributed by atoms with Crippen LogP contribution in [0.2, 0.25) is 0 Å². The highest BCUT2D eigenvalue weighted by molar-refractivity contribution is 7.89. The monoisotopic (exact) mass is 411 g/mol. The van der Waals surface area contributed by atoms with Crippen molar-refractivity contribution in [1.29, 1.82) is 0 Å². The number of carbonyl (C=O) groups excluding carboxylic acids is 1. The summed E-state index contributed by atoms with van der Waals surface area (Å²) < 4.78 is 40.0. The number of benzene rings is 1. The molecule has 0 aromatic heterocycles. The number of likely N-dealkylation sites (tertiary alicyclic amines) is 1. The molecule has 0 unspecified atom stereocenters. The van der Waals surface area contributed by atoms with Gasteiger partial charge in [0.05, 0.1) is 6.42 Å². The Morgan fingerprint density at radius 1 is 1.21 bits per heavy atom.